The number of carbonyl (C=O) groups excluding carboxylic acids is 2. The van der Waals surface area contributed by atoms with Crippen molar-refractivity contribution in [2.45, 2.75) is 70.9 Å². The molecule has 1 aromatic heterocycles. The third-order valence-electron chi connectivity index (χ3n) is 9.19. The van der Waals surface area contributed by atoms with Gasteiger partial charge in [0.25, 0.3) is 0 Å². The quantitative estimate of drug-likeness (QED) is 0.404. The van der Waals surface area contributed by atoms with Crippen molar-refractivity contribution in [1.82, 2.24) is 20.2 Å². The molecule has 4 atom stereocenters. The number of fused-ring (bicyclic) bond motifs is 3. The largest absolute Gasteiger partial charge is 0.453 e. The molecule has 2 aliphatic carbocycles. The average Bonchev–Trinajstić information content (AvgIpc) is 3.65. The summed E-state index contributed by atoms with van der Waals surface area (Å²) < 4.78 is 4.74. The summed E-state index contributed by atoms with van der Waals surface area (Å²) in [6, 6.07) is 12.6. The maximum atomic E-state index is 13.4. The highest BCUT2D eigenvalue weighted by atomic mass is 16.5. The van der Waals surface area contributed by atoms with Crippen molar-refractivity contribution >= 4 is 12.0 Å². The number of aryl methyl sites for hydroxylation is 1. The molecule has 0 bridgehead atoms. The fraction of sp³-hybridized carbons (Fsp3) is 0.469. The second-order valence-corrected chi connectivity index (χ2v) is 11.8. The molecule has 2 N–H and O–H groups in total. The Hall–Kier alpha value is -3.61. The van der Waals surface area contributed by atoms with Crippen LogP contribution in [0.25, 0.3) is 22.4 Å². The van der Waals surface area contributed by atoms with Crippen LogP contribution in [0.1, 0.15) is 74.0 Å². The predicted molar refractivity (Wildman–Crippen MR) is 151 cm³/mol. The van der Waals surface area contributed by atoms with Gasteiger partial charge in [-0.25, -0.2) is 9.78 Å². The van der Waals surface area contributed by atoms with Crippen LogP contribution in [-0.2, 0) is 16.0 Å². The van der Waals surface area contributed by atoms with Crippen LogP contribution in [-0.4, -0.2) is 46.6 Å². The first-order chi connectivity index (χ1) is 18.9. The lowest BCUT2D eigenvalue weighted by molar-refractivity contribution is -0.135. The number of nitrogens with zero attached hydrogens (tertiary/aromatic N) is 2. The molecule has 7 nitrogen and oxygen atoms in total. The average molecular weight is 527 g/mol. The van der Waals surface area contributed by atoms with Crippen LogP contribution in [0.5, 0.6) is 0 Å². The Bertz CT molecular complexity index is 1390. The minimum atomic E-state index is -0.640. The van der Waals surface area contributed by atoms with Crippen LogP contribution in [0.4, 0.5) is 4.79 Å². The number of carbonyl (C=O) groups is 2. The Morgan fingerprint density at radius 1 is 1.08 bits per heavy atom. The SMILES string of the molecule is COC(=O)N[C@H](C(=O)N1CCC[C@H]1c1ncc(-c2ccc(-c3ccc(C)c4c3C3CCC3C4)cc2)[nH]1)C(C)C. The van der Waals surface area contributed by atoms with E-state index in [4.69, 9.17) is 9.72 Å². The maximum Gasteiger partial charge on any atom is 0.407 e. The smallest absolute Gasteiger partial charge is 0.407 e. The molecule has 0 radical (unpaired) electrons. The van der Waals surface area contributed by atoms with E-state index in [1.807, 2.05) is 24.9 Å². The molecular weight excluding hydrogens is 488 g/mol. The van der Waals surface area contributed by atoms with E-state index in [9.17, 15) is 9.59 Å². The van der Waals surface area contributed by atoms with Gasteiger partial charge in [0.1, 0.15) is 11.9 Å². The van der Waals surface area contributed by atoms with Gasteiger partial charge in [0.2, 0.25) is 5.91 Å². The molecule has 1 saturated heterocycles. The minimum Gasteiger partial charge on any atom is -0.453 e. The number of aromatic amines is 1. The molecule has 7 heteroatoms. The monoisotopic (exact) mass is 526 g/mol. The zero-order valence-corrected chi connectivity index (χ0v) is 23.3. The Labute approximate surface area is 230 Å². The van der Waals surface area contributed by atoms with Gasteiger partial charge < -0.3 is 19.9 Å². The number of aromatic nitrogens is 2. The number of alkyl carbamates (subject to hydrolysis) is 1. The van der Waals surface area contributed by atoms with Crippen molar-refractivity contribution in [2.75, 3.05) is 13.7 Å². The second kappa shape index (κ2) is 10.2. The Morgan fingerprint density at radius 3 is 2.54 bits per heavy atom. The van der Waals surface area contributed by atoms with Crippen molar-refractivity contribution in [2.24, 2.45) is 11.8 Å². The van der Waals surface area contributed by atoms with Crippen LogP contribution in [0.15, 0.2) is 42.6 Å². The number of H-pyrrole nitrogens is 1. The van der Waals surface area contributed by atoms with Gasteiger partial charge in [-0.2, -0.15) is 0 Å². The fourth-order valence-electron chi connectivity index (χ4n) is 6.85. The number of rotatable bonds is 6. The van der Waals surface area contributed by atoms with Crippen LogP contribution < -0.4 is 5.32 Å². The number of ether oxygens (including phenoxy) is 1. The van der Waals surface area contributed by atoms with Crippen molar-refractivity contribution in [1.29, 1.82) is 0 Å². The molecule has 204 valence electrons. The maximum absolute atomic E-state index is 13.4. The first kappa shape index (κ1) is 25.7. The van der Waals surface area contributed by atoms with Gasteiger partial charge in [-0.1, -0.05) is 50.2 Å². The molecular formula is C32H38N4O3. The number of hydrogen-bond acceptors (Lipinski definition) is 4. The molecule has 6 rings (SSSR count). The summed E-state index contributed by atoms with van der Waals surface area (Å²) in [7, 11) is 1.31. The first-order valence-electron chi connectivity index (χ1n) is 14.3. The normalized spacial score (nSPS) is 22.3. The molecule has 2 heterocycles. The van der Waals surface area contributed by atoms with E-state index in [1.54, 1.807) is 11.1 Å². The molecule has 3 aromatic rings. The number of nitrogens with one attached hydrogen (secondary N) is 2. The van der Waals surface area contributed by atoms with Gasteiger partial charge in [0.05, 0.1) is 25.0 Å². The molecule has 2 unspecified atom stereocenters. The molecule has 2 amide bonds. The second-order valence-electron chi connectivity index (χ2n) is 11.8. The number of amides is 2. The molecule has 3 aliphatic rings. The number of likely N-dealkylation sites (tertiary alicyclic amines) is 1. The predicted octanol–water partition coefficient (Wildman–Crippen LogP) is 6.15. The summed E-state index contributed by atoms with van der Waals surface area (Å²) in [5, 5.41) is 2.71. The molecule has 0 spiro atoms. The van der Waals surface area contributed by atoms with Gasteiger partial charge in [-0.15, -0.1) is 0 Å². The Balaban J connectivity index is 1.21. The van der Waals surface area contributed by atoms with E-state index in [2.05, 4.69) is 53.6 Å². The summed E-state index contributed by atoms with van der Waals surface area (Å²) in [5.41, 5.74) is 9.29. The number of imidazole rings is 1. The topological polar surface area (TPSA) is 87.3 Å². The third kappa shape index (κ3) is 4.52. The zero-order chi connectivity index (χ0) is 27.3. The summed E-state index contributed by atoms with van der Waals surface area (Å²) in [4.78, 5) is 35.3. The van der Waals surface area contributed by atoms with Crippen molar-refractivity contribution in [3.8, 4) is 22.4 Å². The van der Waals surface area contributed by atoms with Gasteiger partial charge in [0, 0.05) is 6.54 Å². The van der Waals surface area contributed by atoms with Gasteiger partial charge in [-0.3, -0.25) is 4.79 Å². The fourth-order valence-corrected chi connectivity index (χ4v) is 6.85. The van der Waals surface area contributed by atoms with Gasteiger partial charge in [0.15, 0.2) is 0 Å². The number of hydrogen-bond donors (Lipinski definition) is 2. The lowest BCUT2D eigenvalue weighted by Gasteiger charge is -2.31. The van der Waals surface area contributed by atoms with E-state index in [0.29, 0.717) is 6.54 Å². The van der Waals surface area contributed by atoms with E-state index in [-0.39, 0.29) is 17.9 Å². The molecule has 1 saturated carbocycles. The molecule has 2 fully saturated rings. The standard InChI is InChI=1S/C32H38N4O3/c1-18(2)29(35-32(38)39-4)31(37)36-15-5-6-27(36)30-33-17-26(34-30)21-10-8-20(9-11-21)23-13-7-19(3)25-16-22-12-14-24(22)28(23)25/h7-11,13,17-18,22,24,27,29H,5-6,12,14-16H2,1-4H3,(H,33,34)(H,35,38)/t22?,24?,27-,29-/m0/s1. The third-order valence-corrected chi connectivity index (χ3v) is 9.19. The molecule has 39 heavy (non-hydrogen) atoms. The lowest BCUT2D eigenvalue weighted by atomic mass is 9.73. The van der Waals surface area contributed by atoms with Crippen LogP contribution in [0.3, 0.4) is 0 Å². The first-order valence-corrected chi connectivity index (χ1v) is 14.3. The minimum absolute atomic E-state index is 0.0616. The molecule has 1 aliphatic heterocycles. The van der Waals surface area contributed by atoms with E-state index in [0.717, 1.165) is 41.8 Å². The highest BCUT2D eigenvalue weighted by molar-refractivity contribution is 5.86. The molecule has 2 aromatic carbocycles. The van der Waals surface area contributed by atoms with Gasteiger partial charge >= 0.3 is 6.09 Å². The van der Waals surface area contributed by atoms with Crippen molar-refractivity contribution < 1.29 is 14.3 Å². The summed E-state index contributed by atoms with van der Waals surface area (Å²) in [5.74, 6) is 2.21. The Kier molecular flexibility index (Phi) is 6.69. The van der Waals surface area contributed by atoms with Crippen molar-refractivity contribution in [3.05, 3.63) is 65.1 Å². The lowest BCUT2D eigenvalue weighted by Crippen LogP contribution is -2.51. The van der Waals surface area contributed by atoms with Crippen LogP contribution in [0.2, 0.25) is 0 Å². The Morgan fingerprint density at radius 2 is 1.85 bits per heavy atom. The highest BCUT2D eigenvalue weighted by Gasteiger charge is 2.41. The number of methoxy groups -OCH3 is 1. The summed E-state index contributed by atoms with van der Waals surface area (Å²) >= 11 is 0. The van der Waals surface area contributed by atoms with Crippen LogP contribution in [0, 0.1) is 18.8 Å². The van der Waals surface area contributed by atoms with Gasteiger partial charge in [-0.05, 0) is 90.2 Å². The van der Waals surface area contributed by atoms with E-state index < -0.39 is 12.1 Å². The summed E-state index contributed by atoms with van der Waals surface area (Å²) in [6.07, 6.45) is 6.93. The van der Waals surface area contributed by atoms with E-state index >= 15 is 0 Å². The highest BCUT2D eigenvalue weighted by Crippen LogP contribution is 2.54. The number of benzene rings is 2. The summed E-state index contributed by atoms with van der Waals surface area (Å²) in [6.45, 7) is 6.74. The van der Waals surface area contributed by atoms with Crippen LogP contribution >= 0.6 is 0 Å². The van der Waals surface area contributed by atoms with E-state index in [1.165, 1.54) is 43.1 Å². The van der Waals surface area contributed by atoms with Crippen molar-refractivity contribution in [3.63, 3.8) is 0 Å². The zero-order valence-electron chi connectivity index (χ0n) is 23.3.